The van der Waals surface area contributed by atoms with E-state index >= 15 is 0 Å². The third-order valence-corrected chi connectivity index (χ3v) is 4.45. The lowest BCUT2D eigenvalue weighted by molar-refractivity contribution is 0.546. The Morgan fingerprint density at radius 1 is 1.31 bits per heavy atom. The van der Waals surface area contributed by atoms with E-state index in [2.05, 4.69) is 59.4 Å². The summed E-state index contributed by atoms with van der Waals surface area (Å²) in [5.74, 6) is 0.832. The average Bonchev–Trinajstić information content (AvgIpc) is 3.02. The standard InChI is InChI=1S/C14H20BrN/c1-3-14(9-12(14)10-16-4-2)11-5-7-13(15)8-6-11/h5-8,12,16H,3-4,9-10H2,1-2H3. The van der Waals surface area contributed by atoms with Crippen LogP contribution in [-0.2, 0) is 5.41 Å². The van der Waals surface area contributed by atoms with Gasteiger partial charge >= 0.3 is 0 Å². The normalized spacial score (nSPS) is 28.1. The summed E-state index contributed by atoms with van der Waals surface area (Å²) >= 11 is 3.50. The predicted molar refractivity (Wildman–Crippen MR) is 72.8 cm³/mol. The van der Waals surface area contributed by atoms with Gasteiger partial charge in [-0.2, -0.15) is 0 Å². The number of hydrogen-bond acceptors (Lipinski definition) is 1. The van der Waals surface area contributed by atoms with E-state index in [-0.39, 0.29) is 0 Å². The number of halogens is 1. The van der Waals surface area contributed by atoms with Gasteiger partial charge in [-0.15, -0.1) is 0 Å². The van der Waals surface area contributed by atoms with Gasteiger partial charge in [0.2, 0.25) is 0 Å². The monoisotopic (exact) mass is 281 g/mol. The van der Waals surface area contributed by atoms with E-state index in [4.69, 9.17) is 0 Å². The van der Waals surface area contributed by atoms with E-state index in [0.29, 0.717) is 5.41 Å². The van der Waals surface area contributed by atoms with Crippen LogP contribution in [0, 0.1) is 5.92 Å². The highest BCUT2D eigenvalue weighted by atomic mass is 79.9. The zero-order valence-electron chi connectivity index (χ0n) is 10.1. The fraction of sp³-hybridized carbons (Fsp3) is 0.571. The Hall–Kier alpha value is -0.340. The SMILES string of the molecule is CCNCC1CC1(CC)c1ccc(Br)cc1. The molecule has 1 nitrogen and oxygen atoms in total. The summed E-state index contributed by atoms with van der Waals surface area (Å²) in [5.41, 5.74) is 1.98. The van der Waals surface area contributed by atoms with Gasteiger partial charge in [0.25, 0.3) is 0 Å². The van der Waals surface area contributed by atoms with Gasteiger partial charge < -0.3 is 5.32 Å². The third kappa shape index (κ3) is 2.18. The second-order valence-electron chi connectivity index (χ2n) is 4.73. The van der Waals surface area contributed by atoms with Gasteiger partial charge in [0.1, 0.15) is 0 Å². The van der Waals surface area contributed by atoms with Crippen LogP contribution in [0.1, 0.15) is 32.3 Å². The first-order chi connectivity index (χ1) is 7.73. The van der Waals surface area contributed by atoms with Gasteiger partial charge in [-0.1, -0.05) is 41.9 Å². The lowest BCUT2D eigenvalue weighted by atomic mass is 9.90. The topological polar surface area (TPSA) is 12.0 Å². The molecular weight excluding hydrogens is 262 g/mol. The molecule has 0 spiro atoms. The van der Waals surface area contributed by atoms with Crippen molar-refractivity contribution in [2.75, 3.05) is 13.1 Å². The molecule has 0 amide bonds. The Kier molecular flexibility index (Phi) is 3.70. The van der Waals surface area contributed by atoms with E-state index in [0.717, 1.165) is 12.5 Å². The smallest absolute Gasteiger partial charge is 0.0175 e. The minimum absolute atomic E-state index is 0.461. The van der Waals surface area contributed by atoms with Gasteiger partial charge in [-0.3, -0.25) is 0 Å². The van der Waals surface area contributed by atoms with Crippen molar-refractivity contribution < 1.29 is 0 Å². The molecule has 0 bridgehead atoms. The van der Waals surface area contributed by atoms with Crippen molar-refractivity contribution in [2.45, 2.75) is 32.1 Å². The number of benzene rings is 1. The molecule has 1 aliphatic rings. The molecule has 1 aromatic rings. The number of nitrogens with one attached hydrogen (secondary N) is 1. The van der Waals surface area contributed by atoms with Crippen LogP contribution >= 0.6 is 15.9 Å². The average molecular weight is 282 g/mol. The highest BCUT2D eigenvalue weighted by Gasteiger charge is 2.52. The quantitative estimate of drug-likeness (QED) is 0.867. The maximum Gasteiger partial charge on any atom is 0.0175 e. The Balaban J connectivity index is 2.09. The molecule has 2 unspecified atom stereocenters. The molecule has 1 fully saturated rings. The summed E-state index contributed by atoms with van der Waals surface area (Å²) in [6, 6.07) is 8.88. The first kappa shape index (κ1) is 12.1. The van der Waals surface area contributed by atoms with Crippen molar-refractivity contribution in [1.82, 2.24) is 5.32 Å². The second-order valence-corrected chi connectivity index (χ2v) is 5.64. The molecule has 2 atom stereocenters. The fourth-order valence-electron chi connectivity index (χ4n) is 2.74. The molecule has 1 aliphatic carbocycles. The third-order valence-electron chi connectivity index (χ3n) is 3.92. The van der Waals surface area contributed by atoms with Crippen LogP contribution in [0.4, 0.5) is 0 Å². The van der Waals surface area contributed by atoms with E-state index in [9.17, 15) is 0 Å². The van der Waals surface area contributed by atoms with Crippen molar-refractivity contribution in [1.29, 1.82) is 0 Å². The molecule has 1 N–H and O–H groups in total. The van der Waals surface area contributed by atoms with E-state index in [1.165, 1.54) is 29.4 Å². The van der Waals surface area contributed by atoms with Crippen molar-refractivity contribution in [3.63, 3.8) is 0 Å². The van der Waals surface area contributed by atoms with E-state index < -0.39 is 0 Å². The van der Waals surface area contributed by atoms with Crippen LogP contribution in [0.15, 0.2) is 28.7 Å². The molecule has 2 rings (SSSR count). The highest BCUT2D eigenvalue weighted by Crippen LogP contribution is 2.56. The highest BCUT2D eigenvalue weighted by molar-refractivity contribution is 9.10. The van der Waals surface area contributed by atoms with Crippen molar-refractivity contribution in [2.24, 2.45) is 5.92 Å². The maximum atomic E-state index is 3.50. The lowest BCUT2D eigenvalue weighted by Crippen LogP contribution is -2.20. The molecule has 0 heterocycles. The zero-order chi connectivity index (χ0) is 11.6. The van der Waals surface area contributed by atoms with Crippen molar-refractivity contribution in [3.8, 4) is 0 Å². The van der Waals surface area contributed by atoms with Crippen LogP contribution < -0.4 is 5.32 Å². The second kappa shape index (κ2) is 4.89. The minimum atomic E-state index is 0.461. The molecule has 2 heteroatoms. The molecule has 0 aliphatic heterocycles. The van der Waals surface area contributed by atoms with Gasteiger partial charge in [0.05, 0.1) is 0 Å². The molecule has 1 aromatic carbocycles. The summed E-state index contributed by atoms with van der Waals surface area (Å²) in [5, 5.41) is 3.47. The van der Waals surface area contributed by atoms with Crippen LogP contribution in [-0.4, -0.2) is 13.1 Å². The van der Waals surface area contributed by atoms with Gasteiger partial charge in [-0.25, -0.2) is 0 Å². The maximum absolute atomic E-state index is 3.50. The lowest BCUT2D eigenvalue weighted by Gasteiger charge is -2.16. The molecule has 0 saturated heterocycles. The molecule has 1 saturated carbocycles. The van der Waals surface area contributed by atoms with Gasteiger partial charge in [0.15, 0.2) is 0 Å². The molecule has 88 valence electrons. The number of rotatable bonds is 5. The minimum Gasteiger partial charge on any atom is -0.317 e. The first-order valence-corrected chi connectivity index (χ1v) is 6.99. The van der Waals surface area contributed by atoms with Crippen LogP contribution in [0.3, 0.4) is 0 Å². The van der Waals surface area contributed by atoms with E-state index in [1.54, 1.807) is 0 Å². The first-order valence-electron chi connectivity index (χ1n) is 6.19. The summed E-state index contributed by atoms with van der Waals surface area (Å²) in [4.78, 5) is 0. The van der Waals surface area contributed by atoms with Crippen LogP contribution in [0.5, 0.6) is 0 Å². The Morgan fingerprint density at radius 2 is 2.00 bits per heavy atom. The number of hydrogen-bond donors (Lipinski definition) is 1. The van der Waals surface area contributed by atoms with Crippen molar-refractivity contribution >= 4 is 15.9 Å². The summed E-state index contributed by atoms with van der Waals surface area (Å²) < 4.78 is 1.17. The van der Waals surface area contributed by atoms with E-state index in [1.807, 2.05) is 0 Å². The summed E-state index contributed by atoms with van der Waals surface area (Å²) in [7, 11) is 0. The zero-order valence-corrected chi connectivity index (χ0v) is 11.7. The molecule has 0 radical (unpaired) electrons. The van der Waals surface area contributed by atoms with Crippen LogP contribution in [0.25, 0.3) is 0 Å². The fourth-order valence-corrected chi connectivity index (χ4v) is 3.00. The van der Waals surface area contributed by atoms with Crippen LogP contribution in [0.2, 0.25) is 0 Å². The predicted octanol–water partition coefficient (Wildman–Crippen LogP) is 3.73. The summed E-state index contributed by atoms with van der Waals surface area (Å²) in [6.45, 7) is 6.74. The summed E-state index contributed by atoms with van der Waals surface area (Å²) in [6.07, 6.45) is 2.60. The van der Waals surface area contributed by atoms with Gasteiger partial charge in [0, 0.05) is 4.47 Å². The Labute approximate surface area is 107 Å². The Morgan fingerprint density at radius 3 is 2.56 bits per heavy atom. The molecule has 16 heavy (non-hydrogen) atoms. The largest absolute Gasteiger partial charge is 0.317 e. The molecular formula is C14H20BrN. The molecule has 0 aromatic heterocycles. The Bertz CT molecular complexity index is 346. The van der Waals surface area contributed by atoms with Crippen molar-refractivity contribution in [3.05, 3.63) is 34.3 Å². The van der Waals surface area contributed by atoms with Gasteiger partial charge in [-0.05, 0) is 55.0 Å².